The number of amides is 1. The molecule has 0 saturated heterocycles. The van der Waals surface area contributed by atoms with E-state index in [4.69, 9.17) is 5.11 Å². The van der Waals surface area contributed by atoms with E-state index >= 15 is 0 Å². The summed E-state index contributed by atoms with van der Waals surface area (Å²) in [4.78, 5) is 21.2. The third-order valence-electron chi connectivity index (χ3n) is 2.20. The van der Waals surface area contributed by atoms with Gasteiger partial charge in [-0.2, -0.15) is 13.2 Å². The molecule has 0 spiro atoms. The van der Waals surface area contributed by atoms with E-state index in [1.54, 1.807) is 13.8 Å². The van der Waals surface area contributed by atoms with E-state index in [1.807, 2.05) is 0 Å². The van der Waals surface area contributed by atoms with E-state index < -0.39 is 24.1 Å². The van der Waals surface area contributed by atoms with Crippen molar-refractivity contribution in [1.29, 1.82) is 0 Å². The fourth-order valence-electron chi connectivity index (χ4n) is 1.03. The molecule has 0 heterocycles. The second-order valence-corrected chi connectivity index (χ2v) is 3.61. The number of carbonyl (C=O) groups is 2. The van der Waals surface area contributed by atoms with E-state index in [0.717, 1.165) is 0 Å². The molecule has 2 unspecified atom stereocenters. The van der Waals surface area contributed by atoms with E-state index in [1.165, 1.54) is 5.32 Å². The Bertz CT molecular complexity index is 265. The topological polar surface area (TPSA) is 66.4 Å². The van der Waals surface area contributed by atoms with E-state index in [2.05, 4.69) is 0 Å². The number of alkyl halides is 3. The van der Waals surface area contributed by atoms with Crippen LogP contribution in [0.3, 0.4) is 0 Å². The monoisotopic (exact) mass is 241 g/mol. The highest BCUT2D eigenvalue weighted by molar-refractivity contribution is 5.86. The van der Waals surface area contributed by atoms with Gasteiger partial charge in [-0.1, -0.05) is 20.3 Å². The first kappa shape index (κ1) is 14.7. The average Bonchev–Trinajstić information content (AvgIpc) is 2.14. The van der Waals surface area contributed by atoms with E-state index in [9.17, 15) is 22.8 Å². The Hall–Kier alpha value is -1.27. The maximum absolute atomic E-state index is 11.9. The number of carboxylic acid groups (broad SMARTS) is 1. The Labute approximate surface area is 90.8 Å². The number of halogens is 3. The van der Waals surface area contributed by atoms with Crippen molar-refractivity contribution >= 4 is 11.9 Å². The van der Waals surface area contributed by atoms with Crippen LogP contribution in [0.1, 0.15) is 26.7 Å². The SMILES string of the molecule is CCC(C)CC(NC(=O)C(F)(F)F)C(=O)O. The molecular formula is C9H14F3NO3. The lowest BCUT2D eigenvalue weighted by Gasteiger charge is -2.18. The number of hydrogen-bond donors (Lipinski definition) is 2. The first-order valence-electron chi connectivity index (χ1n) is 4.79. The largest absolute Gasteiger partial charge is 0.480 e. The Balaban J connectivity index is 4.47. The van der Waals surface area contributed by atoms with Crippen LogP contribution in [0, 0.1) is 5.92 Å². The van der Waals surface area contributed by atoms with Gasteiger partial charge in [0.25, 0.3) is 0 Å². The minimum atomic E-state index is -5.05. The molecule has 2 N–H and O–H groups in total. The molecule has 4 nitrogen and oxygen atoms in total. The van der Waals surface area contributed by atoms with Gasteiger partial charge in [-0.3, -0.25) is 4.79 Å². The summed E-state index contributed by atoms with van der Waals surface area (Å²) < 4.78 is 35.7. The Morgan fingerprint density at radius 1 is 1.38 bits per heavy atom. The zero-order chi connectivity index (χ0) is 12.9. The lowest BCUT2D eigenvalue weighted by atomic mass is 9.99. The quantitative estimate of drug-likeness (QED) is 0.767. The van der Waals surface area contributed by atoms with Crippen molar-refractivity contribution in [1.82, 2.24) is 5.32 Å². The van der Waals surface area contributed by atoms with Gasteiger partial charge >= 0.3 is 18.1 Å². The zero-order valence-corrected chi connectivity index (χ0v) is 8.97. The molecule has 0 aliphatic heterocycles. The molecule has 0 aliphatic rings. The van der Waals surface area contributed by atoms with Crippen molar-refractivity contribution in [2.45, 2.75) is 38.9 Å². The van der Waals surface area contributed by atoms with Crippen molar-refractivity contribution in [3.05, 3.63) is 0 Å². The van der Waals surface area contributed by atoms with Gasteiger partial charge in [-0.25, -0.2) is 4.79 Å². The maximum atomic E-state index is 11.9. The number of hydrogen-bond acceptors (Lipinski definition) is 2. The maximum Gasteiger partial charge on any atom is 0.471 e. The highest BCUT2D eigenvalue weighted by Crippen LogP contribution is 2.16. The van der Waals surface area contributed by atoms with Crippen LogP contribution in [-0.4, -0.2) is 29.2 Å². The molecule has 0 fully saturated rings. The Morgan fingerprint density at radius 3 is 2.19 bits per heavy atom. The zero-order valence-electron chi connectivity index (χ0n) is 8.97. The molecule has 0 saturated carbocycles. The fraction of sp³-hybridized carbons (Fsp3) is 0.778. The van der Waals surface area contributed by atoms with Gasteiger partial charge in [-0.15, -0.1) is 0 Å². The summed E-state index contributed by atoms with van der Waals surface area (Å²) in [7, 11) is 0. The van der Waals surface area contributed by atoms with Crippen LogP contribution in [0.25, 0.3) is 0 Å². The van der Waals surface area contributed by atoms with Crippen LogP contribution >= 0.6 is 0 Å². The molecule has 1 amide bonds. The molecule has 0 aromatic rings. The van der Waals surface area contributed by atoms with Crippen LogP contribution in [0.4, 0.5) is 13.2 Å². The smallest absolute Gasteiger partial charge is 0.471 e. The van der Waals surface area contributed by atoms with Crippen molar-refractivity contribution in [3.8, 4) is 0 Å². The molecule has 0 rings (SSSR count). The lowest BCUT2D eigenvalue weighted by Crippen LogP contribution is -2.47. The molecule has 0 aliphatic carbocycles. The van der Waals surface area contributed by atoms with E-state index in [0.29, 0.717) is 6.42 Å². The van der Waals surface area contributed by atoms with Crippen molar-refractivity contribution < 1.29 is 27.9 Å². The highest BCUT2D eigenvalue weighted by Gasteiger charge is 2.40. The van der Waals surface area contributed by atoms with Crippen LogP contribution < -0.4 is 5.32 Å². The van der Waals surface area contributed by atoms with Crippen molar-refractivity contribution in [2.75, 3.05) is 0 Å². The van der Waals surface area contributed by atoms with Gasteiger partial charge < -0.3 is 10.4 Å². The van der Waals surface area contributed by atoms with Crippen LogP contribution in [0.5, 0.6) is 0 Å². The molecule has 94 valence electrons. The third-order valence-corrected chi connectivity index (χ3v) is 2.20. The molecule has 0 aromatic heterocycles. The summed E-state index contributed by atoms with van der Waals surface area (Å²) in [6.45, 7) is 3.49. The van der Waals surface area contributed by atoms with Crippen LogP contribution in [0.15, 0.2) is 0 Å². The molecule has 7 heteroatoms. The third kappa shape index (κ3) is 4.99. The van der Waals surface area contributed by atoms with Gasteiger partial charge in [0.1, 0.15) is 6.04 Å². The van der Waals surface area contributed by atoms with Crippen molar-refractivity contribution in [2.24, 2.45) is 5.92 Å². The van der Waals surface area contributed by atoms with Gasteiger partial charge in [0.05, 0.1) is 0 Å². The number of carboxylic acids is 1. The fourth-order valence-corrected chi connectivity index (χ4v) is 1.03. The second-order valence-electron chi connectivity index (χ2n) is 3.61. The standard InChI is InChI=1S/C9H14F3NO3/c1-3-5(2)4-6(7(14)15)13-8(16)9(10,11)12/h5-6H,3-4H2,1-2H3,(H,13,16)(H,14,15). The highest BCUT2D eigenvalue weighted by atomic mass is 19.4. The minimum Gasteiger partial charge on any atom is -0.480 e. The van der Waals surface area contributed by atoms with Gasteiger partial charge in [-0.05, 0) is 12.3 Å². The minimum absolute atomic E-state index is 0.0202. The molecular weight excluding hydrogens is 227 g/mol. The lowest BCUT2D eigenvalue weighted by molar-refractivity contribution is -0.175. The van der Waals surface area contributed by atoms with Crippen LogP contribution in [-0.2, 0) is 9.59 Å². The van der Waals surface area contributed by atoms with Gasteiger partial charge in [0.2, 0.25) is 0 Å². The van der Waals surface area contributed by atoms with E-state index in [-0.39, 0.29) is 12.3 Å². The summed E-state index contributed by atoms with van der Waals surface area (Å²) in [5, 5.41) is 10.1. The first-order chi connectivity index (χ1) is 7.18. The van der Waals surface area contributed by atoms with Gasteiger partial charge in [0, 0.05) is 0 Å². The molecule has 0 radical (unpaired) electrons. The Morgan fingerprint density at radius 2 is 1.88 bits per heavy atom. The number of carbonyl (C=O) groups excluding carboxylic acids is 1. The Kier molecular flexibility index (Phi) is 5.26. The van der Waals surface area contributed by atoms with Crippen molar-refractivity contribution in [3.63, 3.8) is 0 Å². The summed E-state index contributed by atoms with van der Waals surface area (Å²) in [5.74, 6) is -3.75. The number of rotatable bonds is 5. The second kappa shape index (κ2) is 5.72. The normalized spacial score (nSPS) is 15.3. The first-order valence-corrected chi connectivity index (χ1v) is 4.79. The molecule has 2 atom stereocenters. The van der Waals surface area contributed by atoms with Gasteiger partial charge in [0.15, 0.2) is 0 Å². The molecule has 0 bridgehead atoms. The predicted molar refractivity (Wildman–Crippen MR) is 49.7 cm³/mol. The molecule has 0 aromatic carbocycles. The number of aliphatic carboxylic acids is 1. The average molecular weight is 241 g/mol. The summed E-state index contributed by atoms with van der Waals surface area (Å²) in [6, 6.07) is -1.50. The molecule has 16 heavy (non-hydrogen) atoms. The summed E-state index contributed by atoms with van der Waals surface area (Å²) in [5.41, 5.74) is 0. The number of nitrogens with one attached hydrogen (secondary N) is 1. The van der Waals surface area contributed by atoms with Crippen LogP contribution in [0.2, 0.25) is 0 Å². The summed E-state index contributed by atoms with van der Waals surface area (Å²) in [6.07, 6.45) is -4.44. The summed E-state index contributed by atoms with van der Waals surface area (Å²) >= 11 is 0. The predicted octanol–water partition coefficient (Wildman–Crippen LogP) is 1.55.